The molecule has 1 aromatic heterocycles. The molecule has 1 rings (SSSR count). The molecule has 0 fully saturated rings. The first-order valence-corrected chi connectivity index (χ1v) is 3.43. The van der Waals surface area contributed by atoms with Crippen LogP contribution in [0.15, 0.2) is 18.3 Å². The van der Waals surface area contributed by atoms with Crippen LogP contribution in [-0.2, 0) is 0 Å². The lowest BCUT2D eigenvalue weighted by molar-refractivity contribution is 0.0691. The number of aromatic nitrogens is 1. The summed E-state index contributed by atoms with van der Waals surface area (Å²) in [4.78, 5) is 13.0. The molecule has 0 aromatic carbocycles. The van der Waals surface area contributed by atoms with Crippen LogP contribution in [0, 0.1) is 0 Å². The van der Waals surface area contributed by atoms with Gasteiger partial charge in [0.25, 0.3) is 0 Å². The van der Waals surface area contributed by atoms with Crippen molar-refractivity contribution in [3.8, 4) is 0 Å². The second-order valence-electron chi connectivity index (χ2n) is 2.24. The van der Waals surface area contributed by atoms with E-state index in [9.17, 15) is 4.79 Å². The van der Waals surface area contributed by atoms with Gasteiger partial charge in [-0.15, -0.1) is 0 Å². The van der Waals surface area contributed by atoms with Crippen molar-refractivity contribution in [3.05, 3.63) is 29.6 Å². The summed E-state index contributed by atoms with van der Waals surface area (Å²) in [7, 11) is 0. The highest BCUT2D eigenvalue weighted by molar-refractivity contribution is 5.86. The van der Waals surface area contributed by atoms with Crippen LogP contribution >= 0.6 is 0 Å². The third-order valence-corrected chi connectivity index (χ3v) is 1.35. The fourth-order valence-electron chi connectivity index (χ4n) is 0.820. The third-order valence-electron chi connectivity index (χ3n) is 1.35. The molecular weight excluding hydrogens is 158 g/mol. The number of carboxylic acid groups (broad SMARTS) is 1. The minimum Gasteiger partial charge on any atom is -0.477 e. The Morgan fingerprint density at radius 3 is 2.92 bits per heavy atom. The lowest BCUT2D eigenvalue weighted by atomic mass is 10.3. The molecule has 4 nitrogen and oxygen atoms in total. The number of aromatic carboxylic acids is 1. The number of carboxylic acids is 1. The lowest BCUT2D eigenvalue weighted by Crippen LogP contribution is -1.94. The van der Waals surface area contributed by atoms with Crippen molar-refractivity contribution >= 4 is 12.0 Å². The van der Waals surface area contributed by atoms with Gasteiger partial charge in [-0.05, 0) is 11.6 Å². The quantitative estimate of drug-likeness (QED) is 0.621. The normalized spacial score (nSPS) is 10.8. The zero-order chi connectivity index (χ0) is 8.97. The molecule has 0 atom stereocenters. The molecule has 0 saturated carbocycles. The number of hydrogen-bond donors (Lipinski definition) is 3. The molecule has 0 amide bonds. The van der Waals surface area contributed by atoms with Gasteiger partial charge in [-0.3, -0.25) is 0 Å². The minimum absolute atomic E-state index is 0.0480. The maximum atomic E-state index is 10.4. The van der Waals surface area contributed by atoms with Crippen molar-refractivity contribution in [2.75, 3.05) is 6.61 Å². The molecule has 12 heavy (non-hydrogen) atoms. The van der Waals surface area contributed by atoms with Crippen LogP contribution in [0.5, 0.6) is 0 Å². The number of aromatic amines is 1. The van der Waals surface area contributed by atoms with Crippen LogP contribution in [0.4, 0.5) is 0 Å². The first-order chi connectivity index (χ1) is 5.74. The van der Waals surface area contributed by atoms with Crippen molar-refractivity contribution in [1.29, 1.82) is 0 Å². The van der Waals surface area contributed by atoms with E-state index in [-0.39, 0.29) is 12.3 Å². The van der Waals surface area contributed by atoms with Gasteiger partial charge >= 0.3 is 5.97 Å². The van der Waals surface area contributed by atoms with E-state index < -0.39 is 5.97 Å². The van der Waals surface area contributed by atoms with Crippen LogP contribution in [-0.4, -0.2) is 27.8 Å². The topological polar surface area (TPSA) is 73.3 Å². The van der Waals surface area contributed by atoms with E-state index in [4.69, 9.17) is 10.2 Å². The van der Waals surface area contributed by atoms with Crippen LogP contribution in [0.1, 0.15) is 16.1 Å². The summed E-state index contributed by atoms with van der Waals surface area (Å²) in [5.41, 5.74) is 0.883. The van der Waals surface area contributed by atoms with Gasteiger partial charge in [0.1, 0.15) is 5.69 Å². The molecule has 0 unspecified atom stereocenters. The summed E-state index contributed by atoms with van der Waals surface area (Å²) in [6.07, 6.45) is 4.74. The summed E-state index contributed by atoms with van der Waals surface area (Å²) in [6, 6.07) is 1.49. The average molecular weight is 167 g/mol. The van der Waals surface area contributed by atoms with Crippen molar-refractivity contribution in [3.63, 3.8) is 0 Å². The smallest absolute Gasteiger partial charge is 0.352 e. The molecule has 0 aliphatic heterocycles. The van der Waals surface area contributed by atoms with E-state index in [0.717, 1.165) is 5.56 Å². The summed E-state index contributed by atoms with van der Waals surface area (Å²) in [5.74, 6) is -0.987. The first kappa shape index (κ1) is 8.55. The Morgan fingerprint density at radius 1 is 1.67 bits per heavy atom. The molecule has 1 aromatic rings. The molecular formula is C8H9NO3. The summed E-state index contributed by atoms with van der Waals surface area (Å²) in [5, 5.41) is 16.9. The van der Waals surface area contributed by atoms with Gasteiger partial charge in [0.15, 0.2) is 0 Å². The molecule has 64 valence electrons. The molecule has 4 heteroatoms. The van der Waals surface area contributed by atoms with E-state index >= 15 is 0 Å². The van der Waals surface area contributed by atoms with E-state index in [1.54, 1.807) is 12.3 Å². The predicted octanol–water partition coefficient (Wildman–Crippen LogP) is 0.718. The van der Waals surface area contributed by atoms with Gasteiger partial charge in [-0.2, -0.15) is 0 Å². The Balaban J connectivity index is 2.77. The van der Waals surface area contributed by atoms with Gasteiger partial charge < -0.3 is 15.2 Å². The summed E-state index contributed by atoms with van der Waals surface area (Å²) >= 11 is 0. The zero-order valence-corrected chi connectivity index (χ0v) is 6.32. The monoisotopic (exact) mass is 167 g/mol. The second-order valence-corrected chi connectivity index (χ2v) is 2.24. The van der Waals surface area contributed by atoms with Crippen molar-refractivity contribution in [2.24, 2.45) is 0 Å². The van der Waals surface area contributed by atoms with Crippen molar-refractivity contribution < 1.29 is 15.0 Å². The van der Waals surface area contributed by atoms with Crippen LogP contribution in [0.25, 0.3) is 6.08 Å². The summed E-state index contributed by atoms with van der Waals surface area (Å²) in [6.45, 7) is -0.0480. The zero-order valence-electron chi connectivity index (χ0n) is 6.32. The number of nitrogens with one attached hydrogen (secondary N) is 1. The van der Waals surface area contributed by atoms with Gasteiger partial charge in [0.05, 0.1) is 6.61 Å². The maximum absolute atomic E-state index is 10.4. The van der Waals surface area contributed by atoms with E-state index in [0.29, 0.717) is 0 Å². The number of carbonyl (C=O) groups is 1. The Kier molecular flexibility index (Phi) is 2.66. The number of aliphatic hydroxyl groups is 1. The van der Waals surface area contributed by atoms with Crippen molar-refractivity contribution in [1.82, 2.24) is 4.98 Å². The molecule has 0 spiro atoms. The molecule has 1 heterocycles. The Bertz CT molecular complexity index is 301. The Labute approximate surface area is 69.2 Å². The van der Waals surface area contributed by atoms with E-state index in [1.807, 2.05) is 0 Å². The largest absolute Gasteiger partial charge is 0.477 e. The van der Waals surface area contributed by atoms with Gasteiger partial charge in [0.2, 0.25) is 0 Å². The maximum Gasteiger partial charge on any atom is 0.352 e. The van der Waals surface area contributed by atoms with E-state index in [2.05, 4.69) is 4.98 Å². The Morgan fingerprint density at radius 2 is 2.42 bits per heavy atom. The van der Waals surface area contributed by atoms with Gasteiger partial charge in [-0.25, -0.2) is 4.79 Å². The third kappa shape index (κ3) is 1.96. The number of H-pyrrole nitrogens is 1. The van der Waals surface area contributed by atoms with Crippen LogP contribution < -0.4 is 0 Å². The summed E-state index contributed by atoms with van der Waals surface area (Å²) < 4.78 is 0. The SMILES string of the molecule is O=C(O)c1cc(C=CCO)c[nH]1. The fraction of sp³-hybridized carbons (Fsp3) is 0.125. The molecule has 0 aliphatic carbocycles. The molecule has 0 aliphatic rings. The molecule has 3 N–H and O–H groups in total. The first-order valence-electron chi connectivity index (χ1n) is 3.43. The van der Waals surface area contributed by atoms with Crippen LogP contribution in [0.3, 0.4) is 0 Å². The number of hydrogen-bond acceptors (Lipinski definition) is 2. The molecule has 0 bridgehead atoms. The standard InChI is InChI=1S/C8H9NO3/c10-3-1-2-6-4-7(8(11)12)9-5-6/h1-2,4-5,9-10H,3H2,(H,11,12). The fourth-order valence-corrected chi connectivity index (χ4v) is 0.820. The van der Waals surface area contributed by atoms with Crippen molar-refractivity contribution in [2.45, 2.75) is 0 Å². The van der Waals surface area contributed by atoms with Gasteiger partial charge in [0, 0.05) is 6.20 Å². The number of rotatable bonds is 3. The highest BCUT2D eigenvalue weighted by Crippen LogP contribution is 2.04. The highest BCUT2D eigenvalue weighted by Gasteiger charge is 2.03. The van der Waals surface area contributed by atoms with Gasteiger partial charge in [-0.1, -0.05) is 12.2 Å². The predicted molar refractivity (Wildman–Crippen MR) is 43.9 cm³/mol. The van der Waals surface area contributed by atoms with Crippen LogP contribution in [0.2, 0.25) is 0 Å². The van der Waals surface area contributed by atoms with E-state index in [1.165, 1.54) is 12.1 Å². The lowest BCUT2D eigenvalue weighted by Gasteiger charge is -1.82. The minimum atomic E-state index is -0.987. The molecule has 0 radical (unpaired) electrons. The molecule has 0 saturated heterocycles. The Hall–Kier alpha value is -1.55. The average Bonchev–Trinajstić information content (AvgIpc) is 2.48. The highest BCUT2D eigenvalue weighted by atomic mass is 16.4. The number of aliphatic hydroxyl groups excluding tert-OH is 1. The second kappa shape index (κ2) is 3.73.